The summed E-state index contributed by atoms with van der Waals surface area (Å²) in [6.07, 6.45) is 5.13. The number of carbonyl (C=O) groups is 1. The fourth-order valence-electron chi connectivity index (χ4n) is 1.91. The van der Waals surface area contributed by atoms with Gasteiger partial charge in [-0.2, -0.15) is 0 Å². The van der Waals surface area contributed by atoms with E-state index in [1.54, 1.807) is 0 Å². The average molecular weight is 156 g/mol. The Labute approximate surface area is 67.6 Å². The van der Waals surface area contributed by atoms with Crippen LogP contribution < -0.4 is 0 Å². The van der Waals surface area contributed by atoms with Crippen molar-refractivity contribution in [2.75, 3.05) is 0 Å². The number of hydrogen-bond donors (Lipinski definition) is 1. The molecule has 1 N–H and O–H groups in total. The molecule has 11 heavy (non-hydrogen) atoms. The van der Waals surface area contributed by atoms with Crippen LogP contribution in [0.25, 0.3) is 0 Å². The van der Waals surface area contributed by atoms with Gasteiger partial charge in [0.25, 0.3) is 0 Å². The number of carbonyl (C=O) groups excluding carboxylic acids is 1. The second kappa shape index (κ2) is 3.35. The summed E-state index contributed by atoms with van der Waals surface area (Å²) in [6, 6.07) is 0. The van der Waals surface area contributed by atoms with Crippen LogP contribution in [0, 0.1) is 5.92 Å². The van der Waals surface area contributed by atoms with Crippen molar-refractivity contribution >= 4 is 6.29 Å². The average Bonchev–Trinajstić information content (AvgIpc) is 2.30. The number of hydrogen-bond acceptors (Lipinski definition) is 2. The first-order valence-corrected chi connectivity index (χ1v) is 4.35. The summed E-state index contributed by atoms with van der Waals surface area (Å²) in [5.74, 6) is 0.377. The number of aliphatic hydroxyl groups is 1. The van der Waals surface area contributed by atoms with Crippen LogP contribution in [0.2, 0.25) is 0 Å². The van der Waals surface area contributed by atoms with E-state index >= 15 is 0 Å². The first kappa shape index (κ1) is 8.72. The maximum atomic E-state index is 10.1. The lowest BCUT2D eigenvalue weighted by Gasteiger charge is -2.26. The molecular weight excluding hydrogens is 140 g/mol. The largest absolute Gasteiger partial charge is 0.390 e. The van der Waals surface area contributed by atoms with Crippen molar-refractivity contribution < 1.29 is 9.90 Å². The summed E-state index contributed by atoms with van der Waals surface area (Å²) in [7, 11) is 0. The first-order chi connectivity index (χ1) is 5.19. The van der Waals surface area contributed by atoms with Crippen LogP contribution in [0.15, 0.2) is 0 Å². The Morgan fingerprint density at radius 2 is 2.45 bits per heavy atom. The molecule has 0 aliphatic heterocycles. The summed E-state index contributed by atoms with van der Waals surface area (Å²) in [4.78, 5) is 10.1. The van der Waals surface area contributed by atoms with Crippen molar-refractivity contribution in [3.8, 4) is 0 Å². The minimum absolute atomic E-state index is 0.377. The zero-order chi connectivity index (χ0) is 8.32. The molecule has 2 heteroatoms. The van der Waals surface area contributed by atoms with Crippen molar-refractivity contribution in [1.82, 2.24) is 0 Å². The van der Waals surface area contributed by atoms with Crippen molar-refractivity contribution in [1.29, 1.82) is 0 Å². The van der Waals surface area contributed by atoms with Crippen molar-refractivity contribution in [3.63, 3.8) is 0 Å². The molecule has 1 saturated carbocycles. The van der Waals surface area contributed by atoms with Gasteiger partial charge in [0.2, 0.25) is 0 Å². The molecule has 0 saturated heterocycles. The predicted octanol–water partition coefficient (Wildman–Crippen LogP) is 1.52. The summed E-state index contributed by atoms with van der Waals surface area (Å²) >= 11 is 0. The van der Waals surface area contributed by atoms with Gasteiger partial charge in [-0.3, -0.25) is 0 Å². The molecule has 1 aliphatic carbocycles. The quantitative estimate of drug-likeness (QED) is 0.629. The van der Waals surface area contributed by atoms with Crippen LogP contribution in [-0.4, -0.2) is 17.0 Å². The SMILES string of the molecule is CC1CCCC1(O)CCC=O. The van der Waals surface area contributed by atoms with E-state index in [0.29, 0.717) is 18.8 Å². The smallest absolute Gasteiger partial charge is 0.120 e. The Hall–Kier alpha value is -0.370. The van der Waals surface area contributed by atoms with Gasteiger partial charge < -0.3 is 9.90 Å². The second-order valence-electron chi connectivity index (χ2n) is 3.60. The van der Waals surface area contributed by atoms with E-state index in [1.165, 1.54) is 0 Å². The van der Waals surface area contributed by atoms with Crippen LogP contribution in [0.5, 0.6) is 0 Å². The highest BCUT2D eigenvalue weighted by atomic mass is 16.3. The molecular formula is C9H16O2. The molecule has 0 heterocycles. The molecule has 2 unspecified atom stereocenters. The van der Waals surface area contributed by atoms with Crippen LogP contribution >= 0.6 is 0 Å². The summed E-state index contributed by atoms with van der Waals surface area (Å²) < 4.78 is 0. The molecule has 0 aromatic carbocycles. The van der Waals surface area contributed by atoms with Gasteiger partial charge in [0.1, 0.15) is 6.29 Å². The first-order valence-electron chi connectivity index (χ1n) is 4.35. The Bertz CT molecular complexity index is 144. The lowest BCUT2D eigenvalue weighted by atomic mass is 9.88. The van der Waals surface area contributed by atoms with Gasteiger partial charge >= 0.3 is 0 Å². The zero-order valence-electron chi connectivity index (χ0n) is 7.05. The van der Waals surface area contributed by atoms with E-state index < -0.39 is 5.60 Å². The van der Waals surface area contributed by atoms with Gasteiger partial charge in [-0.25, -0.2) is 0 Å². The summed E-state index contributed by atoms with van der Waals surface area (Å²) in [6.45, 7) is 2.07. The molecule has 1 rings (SSSR count). The predicted molar refractivity (Wildman–Crippen MR) is 43.3 cm³/mol. The van der Waals surface area contributed by atoms with E-state index in [9.17, 15) is 9.90 Å². The van der Waals surface area contributed by atoms with Crippen molar-refractivity contribution in [2.24, 2.45) is 5.92 Å². The standard InChI is InChI=1S/C9H16O2/c1-8-4-2-5-9(8,11)6-3-7-10/h7-8,11H,2-6H2,1H3. The molecule has 1 fully saturated rings. The lowest BCUT2D eigenvalue weighted by molar-refractivity contribution is -0.109. The monoisotopic (exact) mass is 156 g/mol. The third kappa shape index (κ3) is 1.80. The van der Waals surface area contributed by atoms with Crippen LogP contribution in [0.3, 0.4) is 0 Å². The Morgan fingerprint density at radius 1 is 1.73 bits per heavy atom. The molecule has 2 nitrogen and oxygen atoms in total. The second-order valence-corrected chi connectivity index (χ2v) is 3.60. The van der Waals surface area contributed by atoms with E-state index in [1.807, 2.05) is 0 Å². The van der Waals surface area contributed by atoms with E-state index in [4.69, 9.17) is 0 Å². The summed E-state index contributed by atoms with van der Waals surface area (Å²) in [5, 5.41) is 9.93. The van der Waals surface area contributed by atoms with E-state index in [0.717, 1.165) is 25.5 Å². The minimum Gasteiger partial charge on any atom is -0.390 e. The highest BCUT2D eigenvalue weighted by Crippen LogP contribution is 2.38. The minimum atomic E-state index is -0.527. The molecule has 0 spiro atoms. The maximum Gasteiger partial charge on any atom is 0.120 e. The topological polar surface area (TPSA) is 37.3 Å². The van der Waals surface area contributed by atoms with Crippen LogP contribution in [0.1, 0.15) is 39.0 Å². The van der Waals surface area contributed by atoms with Gasteiger partial charge in [-0.1, -0.05) is 13.3 Å². The highest BCUT2D eigenvalue weighted by molar-refractivity contribution is 5.49. The normalized spacial score (nSPS) is 37.5. The molecule has 64 valence electrons. The van der Waals surface area contributed by atoms with E-state index in [2.05, 4.69) is 6.92 Å². The Balaban J connectivity index is 2.43. The zero-order valence-corrected chi connectivity index (χ0v) is 7.05. The van der Waals surface area contributed by atoms with Crippen LogP contribution in [-0.2, 0) is 4.79 Å². The van der Waals surface area contributed by atoms with Gasteiger partial charge in [0, 0.05) is 6.42 Å². The fraction of sp³-hybridized carbons (Fsp3) is 0.889. The van der Waals surface area contributed by atoms with Crippen molar-refractivity contribution in [3.05, 3.63) is 0 Å². The summed E-state index contributed by atoms with van der Waals surface area (Å²) in [5.41, 5.74) is -0.527. The molecule has 0 bridgehead atoms. The third-order valence-corrected chi connectivity index (χ3v) is 2.86. The van der Waals surface area contributed by atoms with Crippen molar-refractivity contribution in [2.45, 2.75) is 44.6 Å². The molecule has 0 radical (unpaired) electrons. The van der Waals surface area contributed by atoms with Crippen LogP contribution in [0.4, 0.5) is 0 Å². The van der Waals surface area contributed by atoms with Gasteiger partial charge in [0.05, 0.1) is 5.60 Å². The molecule has 0 aromatic rings. The number of aldehydes is 1. The van der Waals surface area contributed by atoms with Gasteiger partial charge in [-0.05, 0) is 25.2 Å². The van der Waals surface area contributed by atoms with Gasteiger partial charge in [-0.15, -0.1) is 0 Å². The lowest BCUT2D eigenvalue weighted by Crippen LogP contribution is -2.31. The molecule has 2 atom stereocenters. The molecule has 0 aromatic heterocycles. The van der Waals surface area contributed by atoms with E-state index in [-0.39, 0.29) is 0 Å². The molecule has 0 amide bonds. The molecule has 1 aliphatic rings. The number of rotatable bonds is 3. The Kier molecular flexibility index (Phi) is 2.66. The third-order valence-electron chi connectivity index (χ3n) is 2.86. The Morgan fingerprint density at radius 3 is 2.91 bits per heavy atom. The van der Waals surface area contributed by atoms with Gasteiger partial charge in [0.15, 0.2) is 0 Å². The highest BCUT2D eigenvalue weighted by Gasteiger charge is 2.37. The fourth-order valence-corrected chi connectivity index (χ4v) is 1.91. The maximum absolute atomic E-state index is 10.1.